The molecule has 0 aromatic rings. The van der Waals surface area contributed by atoms with E-state index in [0.29, 0.717) is 19.5 Å². The van der Waals surface area contributed by atoms with Crippen LogP contribution in [0.4, 0.5) is 0 Å². The van der Waals surface area contributed by atoms with Crippen molar-refractivity contribution in [3.63, 3.8) is 0 Å². The molecule has 1 heterocycles. The van der Waals surface area contributed by atoms with Crippen molar-refractivity contribution >= 4 is 10.0 Å². The molecule has 5 nitrogen and oxygen atoms in total. The quantitative estimate of drug-likeness (QED) is 0.736. The summed E-state index contributed by atoms with van der Waals surface area (Å²) in [4.78, 5) is 0. The summed E-state index contributed by atoms with van der Waals surface area (Å²) in [5.41, 5.74) is 0. The first kappa shape index (κ1) is 12.4. The Labute approximate surface area is 90.4 Å². The second-order valence-corrected chi connectivity index (χ2v) is 5.76. The highest BCUT2D eigenvalue weighted by atomic mass is 32.2. The maximum absolute atomic E-state index is 11.6. The molecule has 1 atom stereocenters. The third kappa shape index (κ3) is 3.45. The molecule has 0 radical (unpaired) electrons. The standard InChI is InChI=1S/C9H16N2O3S/c10-4-7-15(13,14)11-5-1-2-9(8-11)3-6-12/h9,12H,1-3,5-8H2. The molecular formula is C9H16N2O3S. The van der Waals surface area contributed by atoms with Gasteiger partial charge in [-0.3, -0.25) is 0 Å². The first-order valence-corrected chi connectivity index (χ1v) is 6.66. The Morgan fingerprint density at radius 3 is 2.87 bits per heavy atom. The van der Waals surface area contributed by atoms with Gasteiger partial charge in [-0.1, -0.05) is 0 Å². The van der Waals surface area contributed by atoms with Crippen LogP contribution in [0.25, 0.3) is 0 Å². The van der Waals surface area contributed by atoms with Crippen LogP contribution in [0.3, 0.4) is 0 Å². The number of hydrogen-bond donors (Lipinski definition) is 1. The van der Waals surface area contributed by atoms with Gasteiger partial charge < -0.3 is 5.11 Å². The summed E-state index contributed by atoms with van der Waals surface area (Å²) in [6.07, 6.45) is 2.41. The highest BCUT2D eigenvalue weighted by Crippen LogP contribution is 2.21. The number of sulfonamides is 1. The predicted octanol–water partition coefficient (Wildman–Crippen LogP) is -0.0658. The number of piperidine rings is 1. The molecule has 1 N–H and O–H groups in total. The minimum atomic E-state index is -3.39. The molecule has 0 aromatic carbocycles. The Morgan fingerprint density at radius 1 is 1.53 bits per heavy atom. The zero-order valence-electron chi connectivity index (χ0n) is 8.59. The highest BCUT2D eigenvalue weighted by Gasteiger charge is 2.28. The highest BCUT2D eigenvalue weighted by molar-refractivity contribution is 7.89. The fraction of sp³-hybridized carbons (Fsp3) is 0.889. The largest absolute Gasteiger partial charge is 0.396 e. The number of rotatable bonds is 4. The van der Waals surface area contributed by atoms with E-state index in [2.05, 4.69) is 0 Å². The minimum absolute atomic E-state index is 0.0941. The van der Waals surface area contributed by atoms with Crippen molar-refractivity contribution in [1.29, 1.82) is 5.26 Å². The summed E-state index contributed by atoms with van der Waals surface area (Å²) in [5.74, 6) is -0.212. The van der Waals surface area contributed by atoms with Crippen molar-refractivity contribution in [1.82, 2.24) is 4.31 Å². The van der Waals surface area contributed by atoms with E-state index in [1.165, 1.54) is 4.31 Å². The molecule has 0 saturated carbocycles. The van der Waals surface area contributed by atoms with Gasteiger partial charge in [-0.2, -0.15) is 5.26 Å². The molecule has 86 valence electrons. The molecule has 6 heteroatoms. The van der Waals surface area contributed by atoms with Crippen molar-refractivity contribution in [2.45, 2.75) is 19.3 Å². The minimum Gasteiger partial charge on any atom is -0.396 e. The van der Waals surface area contributed by atoms with Crippen LogP contribution in [-0.4, -0.2) is 43.3 Å². The zero-order chi connectivity index (χ0) is 11.3. The van der Waals surface area contributed by atoms with E-state index in [-0.39, 0.29) is 12.5 Å². The Hall–Kier alpha value is -0.640. The van der Waals surface area contributed by atoms with Crippen molar-refractivity contribution in [3.8, 4) is 6.07 Å². The van der Waals surface area contributed by atoms with Crippen molar-refractivity contribution < 1.29 is 13.5 Å². The summed E-state index contributed by atoms with van der Waals surface area (Å²) < 4.78 is 24.5. The lowest BCUT2D eigenvalue weighted by atomic mass is 9.97. The van der Waals surface area contributed by atoms with Crippen LogP contribution in [0.15, 0.2) is 0 Å². The predicted molar refractivity (Wildman–Crippen MR) is 55.4 cm³/mol. The molecular weight excluding hydrogens is 216 g/mol. The van der Waals surface area contributed by atoms with Gasteiger partial charge in [0.25, 0.3) is 0 Å². The van der Waals surface area contributed by atoms with Gasteiger partial charge in [0.15, 0.2) is 5.75 Å². The summed E-state index contributed by atoms with van der Waals surface area (Å²) >= 11 is 0. The first-order chi connectivity index (χ1) is 7.10. The Kier molecular flexibility index (Phi) is 4.51. The Balaban J connectivity index is 2.60. The maximum Gasteiger partial charge on any atom is 0.227 e. The monoisotopic (exact) mass is 232 g/mol. The summed E-state index contributed by atoms with van der Waals surface area (Å²) in [6.45, 7) is 1.05. The zero-order valence-corrected chi connectivity index (χ0v) is 9.41. The van der Waals surface area contributed by atoms with Crippen molar-refractivity contribution in [2.75, 3.05) is 25.4 Å². The van der Waals surface area contributed by atoms with Gasteiger partial charge >= 0.3 is 0 Å². The Morgan fingerprint density at radius 2 is 2.27 bits per heavy atom. The van der Waals surface area contributed by atoms with E-state index in [1.54, 1.807) is 6.07 Å². The normalized spacial score (nSPS) is 23.6. The van der Waals surface area contributed by atoms with E-state index in [4.69, 9.17) is 10.4 Å². The molecule has 1 rings (SSSR count). The van der Waals surface area contributed by atoms with Crippen molar-refractivity contribution in [3.05, 3.63) is 0 Å². The topological polar surface area (TPSA) is 81.4 Å². The van der Waals surface area contributed by atoms with Crippen LogP contribution in [0, 0.1) is 17.2 Å². The third-order valence-electron chi connectivity index (χ3n) is 2.66. The molecule has 0 aliphatic carbocycles. The van der Waals surface area contributed by atoms with Crippen LogP contribution in [0.5, 0.6) is 0 Å². The molecule has 1 aliphatic heterocycles. The fourth-order valence-electron chi connectivity index (χ4n) is 1.87. The number of nitrogens with zero attached hydrogens (tertiary/aromatic N) is 2. The van der Waals surface area contributed by atoms with Gasteiger partial charge in [0.2, 0.25) is 10.0 Å². The van der Waals surface area contributed by atoms with E-state index in [0.717, 1.165) is 12.8 Å². The van der Waals surface area contributed by atoms with Crippen LogP contribution < -0.4 is 0 Å². The van der Waals surface area contributed by atoms with Crippen molar-refractivity contribution in [2.24, 2.45) is 5.92 Å². The van der Waals surface area contributed by atoms with Gasteiger partial charge in [0.05, 0.1) is 6.07 Å². The van der Waals surface area contributed by atoms with Gasteiger partial charge in [-0.25, -0.2) is 12.7 Å². The van der Waals surface area contributed by atoms with Gasteiger partial charge in [-0.05, 0) is 25.2 Å². The van der Waals surface area contributed by atoms with Crippen LogP contribution >= 0.6 is 0 Å². The lowest BCUT2D eigenvalue weighted by molar-refractivity contribution is 0.203. The Bertz CT molecular complexity index is 332. The van der Waals surface area contributed by atoms with Gasteiger partial charge in [-0.15, -0.1) is 0 Å². The van der Waals surface area contributed by atoms with E-state index < -0.39 is 15.8 Å². The summed E-state index contributed by atoms with van der Waals surface area (Å²) in [7, 11) is -3.39. The molecule has 1 unspecified atom stereocenters. The van der Waals surface area contributed by atoms with E-state index >= 15 is 0 Å². The van der Waals surface area contributed by atoms with Crippen LogP contribution in [0.1, 0.15) is 19.3 Å². The van der Waals surface area contributed by atoms with Gasteiger partial charge in [0.1, 0.15) is 0 Å². The molecule has 1 fully saturated rings. The second kappa shape index (κ2) is 5.45. The maximum atomic E-state index is 11.6. The number of aliphatic hydroxyl groups is 1. The average molecular weight is 232 g/mol. The van der Waals surface area contributed by atoms with E-state index in [1.807, 2.05) is 0 Å². The smallest absolute Gasteiger partial charge is 0.227 e. The first-order valence-electron chi connectivity index (χ1n) is 5.06. The number of aliphatic hydroxyl groups excluding tert-OH is 1. The van der Waals surface area contributed by atoms with Gasteiger partial charge in [0, 0.05) is 19.7 Å². The summed E-state index contributed by atoms with van der Waals surface area (Å²) in [6, 6.07) is 1.67. The van der Waals surface area contributed by atoms with E-state index in [9.17, 15) is 8.42 Å². The molecule has 0 aromatic heterocycles. The summed E-state index contributed by atoms with van der Waals surface area (Å²) in [5, 5.41) is 17.2. The number of hydrogen-bond acceptors (Lipinski definition) is 4. The fourth-order valence-corrected chi connectivity index (χ4v) is 3.06. The van der Waals surface area contributed by atoms with Crippen LogP contribution in [0.2, 0.25) is 0 Å². The molecule has 0 bridgehead atoms. The molecule has 0 amide bonds. The second-order valence-electron chi connectivity index (χ2n) is 3.79. The molecule has 1 aliphatic rings. The lowest BCUT2D eigenvalue weighted by Gasteiger charge is -2.30. The molecule has 0 spiro atoms. The SMILES string of the molecule is N#CCS(=O)(=O)N1CCCC(CCO)C1. The molecule has 15 heavy (non-hydrogen) atoms. The average Bonchev–Trinajstić information content (AvgIpc) is 2.19. The van der Waals surface area contributed by atoms with Crippen LogP contribution in [-0.2, 0) is 10.0 Å². The number of nitriles is 1. The third-order valence-corrected chi connectivity index (χ3v) is 4.27. The molecule has 1 saturated heterocycles. The lowest BCUT2D eigenvalue weighted by Crippen LogP contribution is -2.41.